The van der Waals surface area contributed by atoms with Crippen molar-refractivity contribution in [2.45, 2.75) is 18.2 Å². The second-order valence-corrected chi connectivity index (χ2v) is 8.27. The highest BCUT2D eigenvalue weighted by molar-refractivity contribution is 7.89. The summed E-state index contributed by atoms with van der Waals surface area (Å²) < 4.78 is 31.3. The Morgan fingerprint density at radius 1 is 1.07 bits per heavy atom. The van der Waals surface area contributed by atoms with Crippen molar-refractivity contribution < 1.29 is 27.5 Å². The fourth-order valence-corrected chi connectivity index (χ4v) is 4.08. The molecule has 1 N–H and O–H groups in total. The van der Waals surface area contributed by atoms with Crippen LogP contribution >= 0.6 is 0 Å². The zero-order valence-corrected chi connectivity index (χ0v) is 17.1. The minimum absolute atomic E-state index is 0.166. The average Bonchev–Trinajstić information content (AvgIpc) is 2.75. The van der Waals surface area contributed by atoms with Crippen LogP contribution < -0.4 is 5.32 Å². The summed E-state index contributed by atoms with van der Waals surface area (Å²) in [6, 6.07) is 8.12. The Hall–Kier alpha value is -2.72. The van der Waals surface area contributed by atoms with Gasteiger partial charge >= 0.3 is 5.97 Å². The van der Waals surface area contributed by atoms with Crippen molar-refractivity contribution in [3.05, 3.63) is 42.5 Å². The van der Waals surface area contributed by atoms with Crippen LogP contribution in [-0.4, -0.2) is 74.7 Å². The van der Waals surface area contributed by atoms with Gasteiger partial charge in [0.05, 0.1) is 4.90 Å². The smallest absolute Gasteiger partial charge is 0.331 e. The van der Waals surface area contributed by atoms with Gasteiger partial charge in [-0.05, 0) is 18.6 Å². The molecule has 0 atom stereocenters. The Kier molecular flexibility index (Phi) is 8.34. The van der Waals surface area contributed by atoms with Gasteiger partial charge in [-0.1, -0.05) is 25.1 Å². The normalized spacial score (nSPS) is 15.3. The van der Waals surface area contributed by atoms with E-state index in [4.69, 9.17) is 4.74 Å². The van der Waals surface area contributed by atoms with Crippen molar-refractivity contribution in [2.75, 3.05) is 39.3 Å². The summed E-state index contributed by atoms with van der Waals surface area (Å²) in [6.45, 7) is 2.74. The molecule has 29 heavy (non-hydrogen) atoms. The molecule has 1 aliphatic heterocycles. The lowest BCUT2D eigenvalue weighted by molar-refractivity contribution is -0.144. The van der Waals surface area contributed by atoms with E-state index in [9.17, 15) is 22.8 Å². The fraction of sp³-hybridized carbons (Fsp3) is 0.421. The standard InChI is InChI=1S/C19H25N3O6S/c1-2-10-20-17(23)15-28-19(25)9-8-18(24)21-11-13-22(14-12-21)29(26,27)16-6-4-3-5-7-16/h3-9H,2,10-15H2,1H3,(H,20,23)/b9-8+. The number of benzene rings is 1. The summed E-state index contributed by atoms with van der Waals surface area (Å²) in [5.74, 6) is -1.62. The number of hydrogen-bond acceptors (Lipinski definition) is 6. The molecule has 1 aliphatic rings. The average molecular weight is 423 g/mol. The molecule has 0 spiro atoms. The lowest BCUT2D eigenvalue weighted by Crippen LogP contribution is -2.50. The number of ether oxygens (including phenoxy) is 1. The van der Waals surface area contributed by atoms with Gasteiger partial charge in [0.2, 0.25) is 15.9 Å². The maximum atomic E-state index is 12.6. The molecule has 2 amide bonds. The Labute approximate surface area is 170 Å². The maximum Gasteiger partial charge on any atom is 0.331 e. The Morgan fingerprint density at radius 2 is 1.72 bits per heavy atom. The van der Waals surface area contributed by atoms with Gasteiger partial charge in [-0.15, -0.1) is 0 Å². The van der Waals surface area contributed by atoms with Gasteiger partial charge in [-0.2, -0.15) is 4.31 Å². The molecule has 0 bridgehead atoms. The molecule has 0 radical (unpaired) electrons. The third kappa shape index (κ3) is 6.68. The Bertz CT molecular complexity index is 846. The van der Waals surface area contributed by atoms with E-state index < -0.39 is 34.4 Å². The molecule has 1 heterocycles. The molecule has 0 aromatic heterocycles. The van der Waals surface area contributed by atoms with Gasteiger partial charge in [-0.25, -0.2) is 13.2 Å². The number of esters is 1. The minimum atomic E-state index is -3.59. The number of amides is 2. The van der Waals surface area contributed by atoms with Crippen molar-refractivity contribution in [3.63, 3.8) is 0 Å². The number of rotatable bonds is 8. The van der Waals surface area contributed by atoms with Gasteiger partial charge in [0, 0.05) is 44.9 Å². The van der Waals surface area contributed by atoms with E-state index in [0.29, 0.717) is 6.54 Å². The quantitative estimate of drug-likeness (QED) is 0.470. The van der Waals surface area contributed by atoms with Gasteiger partial charge in [0.25, 0.3) is 5.91 Å². The first-order valence-corrected chi connectivity index (χ1v) is 10.7. The molecule has 1 saturated heterocycles. The fourth-order valence-electron chi connectivity index (χ4n) is 2.64. The van der Waals surface area contributed by atoms with E-state index in [1.807, 2.05) is 6.92 Å². The third-order valence-electron chi connectivity index (χ3n) is 4.21. The van der Waals surface area contributed by atoms with Crippen LogP contribution in [0.4, 0.5) is 0 Å². The van der Waals surface area contributed by atoms with Crippen molar-refractivity contribution in [3.8, 4) is 0 Å². The van der Waals surface area contributed by atoms with Crippen molar-refractivity contribution >= 4 is 27.8 Å². The molecule has 10 heteroatoms. The first-order valence-electron chi connectivity index (χ1n) is 9.30. The van der Waals surface area contributed by atoms with E-state index in [-0.39, 0.29) is 31.1 Å². The molecule has 0 unspecified atom stereocenters. The van der Waals surface area contributed by atoms with Crippen LogP contribution in [0.25, 0.3) is 0 Å². The number of carbonyl (C=O) groups is 3. The molecular formula is C19H25N3O6S. The summed E-state index contributed by atoms with van der Waals surface area (Å²) in [4.78, 5) is 36.8. The van der Waals surface area contributed by atoms with Gasteiger partial charge in [0.15, 0.2) is 6.61 Å². The van der Waals surface area contributed by atoms with Crippen LogP contribution in [0, 0.1) is 0 Å². The number of hydrogen-bond donors (Lipinski definition) is 1. The number of carbonyl (C=O) groups excluding carboxylic acids is 3. The van der Waals surface area contributed by atoms with Crippen LogP contribution in [0.15, 0.2) is 47.4 Å². The molecular weight excluding hydrogens is 398 g/mol. The first-order chi connectivity index (χ1) is 13.8. The highest BCUT2D eigenvalue weighted by Crippen LogP contribution is 2.17. The van der Waals surface area contributed by atoms with Crippen LogP contribution in [0.5, 0.6) is 0 Å². The van der Waals surface area contributed by atoms with Crippen LogP contribution in [0.1, 0.15) is 13.3 Å². The van der Waals surface area contributed by atoms with Crippen molar-refractivity contribution in [1.29, 1.82) is 0 Å². The lowest BCUT2D eigenvalue weighted by Gasteiger charge is -2.33. The number of sulfonamides is 1. The Morgan fingerprint density at radius 3 is 2.34 bits per heavy atom. The summed E-state index contributed by atoms with van der Waals surface area (Å²) >= 11 is 0. The number of piperazine rings is 1. The van der Waals surface area contributed by atoms with Crippen LogP contribution in [0.3, 0.4) is 0 Å². The second kappa shape index (κ2) is 10.7. The summed E-state index contributed by atoms with van der Waals surface area (Å²) in [5.41, 5.74) is 0. The molecule has 2 rings (SSSR count). The van der Waals surface area contributed by atoms with Crippen molar-refractivity contribution in [2.24, 2.45) is 0 Å². The number of nitrogens with one attached hydrogen (secondary N) is 1. The molecule has 9 nitrogen and oxygen atoms in total. The Balaban J connectivity index is 1.80. The van der Waals surface area contributed by atoms with Gasteiger partial charge in [-0.3, -0.25) is 9.59 Å². The summed E-state index contributed by atoms with van der Waals surface area (Å²) in [6.07, 6.45) is 2.80. The lowest BCUT2D eigenvalue weighted by atomic mass is 10.3. The molecule has 0 aliphatic carbocycles. The zero-order valence-electron chi connectivity index (χ0n) is 16.2. The second-order valence-electron chi connectivity index (χ2n) is 6.33. The SMILES string of the molecule is CCCNC(=O)COC(=O)/C=C/C(=O)N1CCN(S(=O)(=O)c2ccccc2)CC1. The van der Waals surface area contributed by atoms with E-state index in [2.05, 4.69) is 5.32 Å². The maximum absolute atomic E-state index is 12.6. The predicted octanol–water partition coefficient (Wildman–Crippen LogP) is 0.145. The van der Waals surface area contributed by atoms with Crippen LogP contribution in [0.2, 0.25) is 0 Å². The van der Waals surface area contributed by atoms with Crippen LogP contribution in [-0.2, 0) is 29.1 Å². The molecule has 158 valence electrons. The largest absolute Gasteiger partial charge is 0.452 e. The molecule has 1 aromatic rings. The zero-order chi connectivity index (χ0) is 21.3. The molecule has 1 aromatic carbocycles. The van der Waals surface area contributed by atoms with E-state index in [0.717, 1.165) is 18.6 Å². The van der Waals surface area contributed by atoms with Crippen molar-refractivity contribution in [1.82, 2.24) is 14.5 Å². The predicted molar refractivity (Wildman–Crippen MR) is 105 cm³/mol. The summed E-state index contributed by atoms with van der Waals surface area (Å²) in [7, 11) is -3.59. The topological polar surface area (TPSA) is 113 Å². The first kappa shape index (κ1) is 22.6. The van der Waals surface area contributed by atoms with Gasteiger partial charge in [0.1, 0.15) is 0 Å². The van der Waals surface area contributed by atoms with E-state index >= 15 is 0 Å². The third-order valence-corrected chi connectivity index (χ3v) is 6.12. The van der Waals surface area contributed by atoms with Gasteiger partial charge < -0.3 is 15.0 Å². The monoisotopic (exact) mass is 423 g/mol. The molecule has 0 saturated carbocycles. The number of nitrogens with zero attached hydrogens (tertiary/aromatic N) is 2. The van der Waals surface area contributed by atoms with E-state index in [1.165, 1.54) is 21.3 Å². The van der Waals surface area contributed by atoms with E-state index in [1.54, 1.807) is 18.2 Å². The minimum Gasteiger partial charge on any atom is -0.452 e. The highest BCUT2D eigenvalue weighted by Gasteiger charge is 2.29. The summed E-state index contributed by atoms with van der Waals surface area (Å²) in [5, 5.41) is 2.56. The highest BCUT2D eigenvalue weighted by atomic mass is 32.2. The molecule has 1 fully saturated rings.